The Morgan fingerprint density at radius 2 is 1.86 bits per heavy atom. The van der Waals surface area contributed by atoms with Gasteiger partial charge in [-0.3, -0.25) is 9.59 Å². The highest BCUT2D eigenvalue weighted by Gasteiger charge is 2.26. The Kier molecular flexibility index (Phi) is 9.34. The highest BCUT2D eigenvalue weighted by Crippen LogP contribution is 2.38. The monoisotopic (exact) mass is 541 g/mol. The molecule has 2 aromatic heterocycles. The predicted molar refractivity (Wildman–Crippen MR) is 144 cm³/mol. The van der Waals surface area contributed by atoms with Crippen molar-refractivity contribution >= 4 is 45.9 Å². The van der Waals surface area contributed by atoms with Crippen molar-refractivity contribution < 1.29 is 19.1 Å². The topological polar surface area (TPSA) is 115 Å². The maximum absolute atomic E-state index is 12.8. The Bertz CT molecular complexity index is 1260. The number of hydrogen-bond donors (Lipinski definition) is 2. The molecule has 0 spiro atoms. The fourth-order valence-corrected chi connectivity index (χ4v) is 6.21. The van der Waals surface area contributed by atoms with E-state index in [2.05, 4.69) is 20.8 Å². The summed E-state index contributed by atoms with van der Waals surface area (Å²) in [6, 6.07) is 9.52. The van der Waals surface area contributed by atoms with Crippen LogP contribution in [0.4, 0.5) is 5.00 Å². The number of carbonyl (C=O) groups is 3. The summed E-state index contributed by atoms with van der Waals surface area (Å²) in [5.74, 6) is -0.00723. The van der Waals surface area contributed by atoms with E-state index in [1.165, 1.54) is 23.1 Å². The summed E-state index contributed by atoms with van der Waals surface area (Å²) in [5.41, 5.74) is 2.47. The number of anilines is 1. The molecule has 1 aliphatic rings. The van der Waals surface area contributed by atoms with Crippen molar-refractivity contribution in [1.29, 1.82) is 0 Å². The van der Waals surface area contributed by atoms with Gasteiger partial charge in [-0.1, -0.05) is 48.5 Å². The van der Waals surface area contributed by atoms with Crippen molar-refractivity contribution in [3.05, 3.63) is 57.7 Å². The van der Waals surface area contributed by atoms with Gasteiger partial charge in [-0.05, 0) is 43.7 Å². The predicted octanol–water partition coefficient (Wildman–Crippen LogP) is 3.91. The summed E-state index contributed by atoms with van der Waals surface area (Å²) in [5, 5.41) is 15.2. The molecule has 0 bridgehead atoms. The Balaban J connectivity index is 1.33. The van der Waals surface area contributed by atoms with E-state index in [0.29, 0.717) is 28.0 Å². The minimum Gasteiger partial charge on any atom is -0.462 e. The lowest BCUT2D eigenvalue weighted by atomic mass is 10.1. The van der Waals surface area contributed by atoms with Crippen molar-refractivity contribution in [3.63, 3.8) is 0 Å². The molecule has 0 atom stereocenters. The second-order valence-electron chi connectivity index (χ2n) is 8.72. The van der Waals surface area contributed by atoms with Crippen molar-refractivity contribution in [3.8, 4) is 0 Å². The molecular formula is C26H31N5O4S2. The minimum atomic E-state index is -0.378. The molecular weight excluding hydrogens is 510 g/mol. The van der Waals surface area contributed by atoms with E-state index in [-0.39, 0.29) is 36.7 Å². The molecule has 0 saturated heterocycles. The van der Waals surface area contributed by atoms with E-state index in [1.54, 1.807) is 18.5 Å². The third-order valence-corrected chi connectivity index (χ3v) is 8.29. The Labute approximate surface area is 224 Å². The number of carbonyl (C=O) groups excluding carboxylic acids is 3. The van der Waals surface area contributed by atoms with Crippen molar-refractivity contribution in [2.24, 2.45) is 7.05 Å². The van der Waals surface area contributed by atoms with Crippen LogP contribution in [0.25, 0.3) is 0 Å². The molecule has 0 aliphatic heterocycles. The van der Waals surface area contributed by atoms with Crippen LogP contribution in [-0.4, -0.2) is 44.9 Å². The number of amides is 2. The van der Waals surface area contributed by atoms with Gasteiger partial charge in [0.1, 0.15) is 5.00 Å². The molecule has 0 saturated carbocycles. The molecule has 1 aromatic carbocycles. The van der Waals surface area contributed by atoms with E-state index in [4.69, 9.17) is 4.74 Å². The number of rotatable bonds is 10. The molecule has 0 unspecified atom stereocenters. The highest BCUT2D eigenvalue weighted by atomic mass is 32.2. The SMILES string of the molecule is CCOC(=O)c1c(NC(=O)CSc2nnc(CNC(=O)Cc3ccccc3)n2C)sc2c1CCCCC2. The van der Waals surface area contributed by atoms with Gasteiger partial charge in [0, 0.05) is 11.9 Å². The normalized spacial score (nSPS) is 12.9. The van der Waals surface area contributed by atoms with Crippen LogP contribution in [0.3, 0.4) is 0 Å². The van der Waals surface area contributed by atoms with Crippen LogP contribution < -0.4 is 10.6 Å². The number of thiophene rings is 1. The fourth-order valence-electron chi connectivity index (χ4n) is 4.19. The van der Waals surface area contributed by atoms with Crippen LogP contribution in [0, 0.1) is 0 Å². The summed E-state index contributed by atoms with van der Waals surface area (Å²) >= 11 is 2.73. The molecule has 0 fully saturated rings. The van der Waals surface area contributed by atoms with E-state index >= 15 is 0 Å². The van der Waals surface area contributed by atoms with Gasteiger partial charge in [-0.25, -0.2) is 4.79 Å². The lowest BCUT2D eigenvalue weighted by molar-refractivity contribution is -0.120. The molecule has 37 heavy (non-hydrogen) atoms. The zero-order valence-corrected chi connectivity index (χ0v) is 22.7. The minimum absolute atomic E-state index is 0.102. The van der Waals surface area contributed by atoms with Gasteiger partial charge >= 0.3 is 5.97 Å². The molecule has 196 valence electrons. The van der Waals surface area contributed by atoms with Gasteiger partial charge in [-0.2, -0.15) is 0 Å². The summed E-state index contributed by atoms with van der Waals surface area (Å²) in [6.45, 7) is 2.31. The highest BCUT2D eigenvalue weighted by molar-refractivity contribution is 7.99. The van der Waals surface area contributed by atoms with Gasteiger partial charge in [-0.15, -0.1) is 21.5 Å². The average Bonchev–Trinajstić information content (AvgIpc) is 3.31. The van der Waals surface area contributed by atoms with Crippen LogP contribution in [0.5, 0.6) is 0 Å². The fraction of sp³-hybridized carbons (Fsp3) is 0.423. The number of esters is 1. The standard InChI is InChI=1S/C26H31N5O4S2/c1-3-35-25(34)23-18-12-8-5-9-13-19(18)37-24(23)28-22(33)16-36-26-30-29-20(31(26)2)15-27-21(32)14-17-10-6-4-7-11-17/h4,6-7,10-11H,3,5,8-9,12-16H2,1-2H3,(H,27,32)(H,28,33). The van der Waals surface area contributed by atoms with Crippen molar-refractivity contribution in [1.82, 2.24) is 20.1 Å². The number of ether oxygens (including phenoxy) is 1. The first-order chi connectivity index (χ1) is 18.0. The molecule has 2 heterocycles. The first-order valence-corrected chi connectivity index (χ1v) is 14.2. The number of fused-ring (bicyclic) bond motifs is 1. The number of hydrogen-bond acceptors (Lipinski definition) is 8. The number of nitrogens with zero attached hydrogens (tertiary/aromatic N) is 3. The number of aryl methyl sites for hydroxylation is 1. The number of benzene rings is 1. The third-order valence-electron chi connectivity index (χ3n) is 6.06. The van der Waals surface area contributed by atoms with E-state index < -0.39 is 0 Å². The second kappa shape index (κ2) is 12.9. The van der Waals surface area contributed by atoms with Gasteiger partial charge in [0.2, 0.25) is 11.8 Å². The molecule has 0 radical (unpaired) electrons. The summed E-state index contributed by atoms with van der Waals surface area (Å²) < 4.78 is 7.06. The number of aromatic nitrogens is 3. The van der Waals surface area contributed by atoms with Crippen LogP contribution >= 0.6 is 23.1 Å². The van der Waals surface area contributed by atoms with Gasteiger partial charge in [0.05, 0.1) is 30.9 Å². The van der Waals surface area contributed by atoms with Crippen LogP contribution in [-0.2, 0) is 47.2 Å². The van der Waals surface area contributed by atoms with Crippen LogP contribution in [0.15, 0.2) is 35.5 Å². The maximum Gasteiger partial charge on any atom is 0.341 e. The van der Waals surface area contributed by atoms with Gasteiger partial charge < -0.3 is 19.9 Å². The van der Waals surface area contributed by atoms with E-state index in [0.717, 1.165) is 48.1 Å². The largest absolute Gasteiger partial charge is 0.462 e. The molecule has 11 heteroatoms. The summed E-state index contributed by atoms with van der Waals surface area (Å²) in [4.78, 5) is 38.9. The molecule has 4 rings (SSSR count). The maximum atomic E-state index is 12.8. The Morgan fingerprint density at radius 1 is 1.08 bits per heavy atom. The first kappa shape index (κ1) is 26.9. The number of nitrogens with one attached hydrogen (secondary N) is 2. The summed E-state index contributed by atoms with van der Waals surface area (Å²) in [6.07, 6.45) is 5.29. The summed E-state index contributed by atoms with van der Waals surface area (Å²) in [7, 11) is 1.80. The average molecular weight is 542 g/mol. The molecule has 2 N–H and O–H groups in total. The quantitative estimate of drug-likeness (QED) is 0.227. The molecule has 2 amide bonds. The van der Waals surface area contributed by atoms with E-state index in [9.17, 15) is 14.4 Å². The van der Waals surface area contributed by atoms with Crippen molar-refractivity contribution in [2.75, 3.05) is 17.7 Å². The Morgan fingerprint density at radius 3 is 2.65 bits per heavy atom. The lowest BCUT2D eigenvalue weighted by Crippen LogP contribution is -2.26. The van der Waals surface area contributed by atoms with Crippen molar-refractivity contribution in [2.45, 2.75) is 57.1 Å². The Hall–Kier alpha value is -3.18. The molecule has 3 aromatic rings. The van der Waals surface area contributed by atoms with Gasteiger partial charge in [0.25, 0.3) is 0 Å². The molecule has 9 nitrogen and oxygen atoms in total. The van der Waals surface area contributed by atoms with Gasteiger partial charge in [0.15, 0.2) is 11.0 Å². The van der Waals surface area contributed by atoms with Crippen LogP contribution in [0.1, 0.15) is 58.4 Å². The lowest BCUT2D eigenvalue weighted by Gasteiger charge is -2.09. The second-order valence-corrected chi connectivity index (χ2v) is 10.8. The zero-order valence-electron chi connectivity index (χ0n) is 21.0. The smallest absolute Gasteiger partial charge is 0.341 e. The zero-order chi connectivity index (χ0) is 26.2. The third kappa shape index (κ3) is 6.98. The van der Waals surface area contributed by atoms with E-state index in [1.807, 2.05) is 30.3 Å². The number of thioether (sulfide) groups is 1. The first-order valence-electron chi connectivity index (χ1n) is 12.4. The van der Waals surface area contributed by atoms with Crippen LogP contribution in [0.2, 0.25) is 0 Å². The molecule has 1 aliphatic carbocycles.